The molecule has 3 fully saturated rings. The van der Waals surface area contributed by atoms with Crippen LogP contribution in [0.2, 0.25) is 0 Å². The van der Waals surface area contributed by atoms with Gasteiger partial charge in [-0.3, -0.25) is 0 Å². The highest BCUT2D eigenvalue weighted by atomic mass is 19.3. The third-order valence-corrected chi connectivity index (χ3v) is 8.97. The maximum atomic E-state index is 15.2. The van der Waals surface area contributed by atoms with Gasteiger partial charge in [0.1, 0.15) is 34.8 Å². The molecule has 0 spiro atoms. The van der Waals surface area contributed by atoms with Crippen molar-refractivity contribution >= 4 is 0 Å². The van der Waals surface area contributed by atoms with Crippen molar-refractivity contribution in [2.24, 2.45) is 23.7 Å². The van der Waals surface area contributed by atoms with Gasteiger partial charge >= 0.3 is 6.11 Å². The number of benzene rings is 2. The van der Waals surface area contributed by atoms with Crippen molar-refractivity contribution in [3.8, 4) is 11.8 Å². The maximum Gasteiger partial charge on any atom is 0.400 e. The minimum absolute atomic E-state index is 0.0519. The highest BCUT2D eigenvalue weighted by molar-refractivity contribution is 5.38. The molecule has 1 aliphatic heterocycles. The normalized spacial score (nSPS) is 29.5. The molecule has 3 aliphatic rings. The van der Waals surface area contributed by atoms with Crippen LogP contribution in [0.5, 0.6) is 5.75 Å². The van der Waals surface area contributed by atoms with Crippen LogP contribution in [0.15, 0.2) is 30.3 Å². The van der Waals surface area contributed by atoms with Crippen molar-refractivity contribution in [1.82, 2.24) is 0 Å². The monoisotopic (exact) mass is 563 g/mol. The van der Waals surface area contributed by atoms with Gasteiger partial charge in [0, 0.05) is 23.6 Å². The summed E-state index contributed by atoms with van der Waals surface area (Å²) in [7, 11) is 0. The minimum Gasteiger partial charge on any atom is -0.432 e. The molecule has 2 aliphatic carbocycles. The Morgan fingerprint density at radius 2 is 1.45 bits per heavy atom. The molecule has 5 rings (SSSR count). The first-order valence-corrected chi connectivity index (χ1v) is 14.1. The molecule has 0 N–H and O–H groups in total. The fourth-order valence-electron chi connectivity index (χ4n) is 6.46. The molecular weight excluding hydrogens is 529 g/mol. The van der Waals surface area contributed by atoms with E-state index in [1.807, 2.05) is 0 Å². The molecule has 0 unspecified atom stereocenters. The van der Waals surface area contributed by atoms with Gasteiger partial charge < -0.3 is 14.2 Å². The number of alkyl halides is 2. The molecule has 40 heavy (non-hydrogen) atoms. The number of hydrogen-bond donors (Lipinski definition) is 0. The lowest BCUT2D eigenvalue weighted by Gasteiger charge is -2.37. The molecule has 0 bridgehead atoms. The topological polar surface area (TPSA) is 51.5 Å². The van der Waals surface area contributed by atoms with E-state index in [9.17, 15) is 17.6 Å². The standard InChI is InChI=1S/C31H34F5NO3/c1-18-2-4-19(5-3-18)22-16-38-30(39-17-22)21-8-11-25(27(32)12-21)20-6-9-23(10-7-20)31(35,36)40-24-13-28(33)26(15-37)29(34)14-24/h8,11-14,18-20,22-23,30H,2-7,9-10,16-17H2,1H3. The summed E-state index contributed by atoms with van der Waals surface area (Å²) in [6.45, 7) is 3.48. The SMILES string of the molecule is CC1CCC(C2COC(c3ccc(C4CCC(C(F)(F)Oc5cc(F)c(C#N)c(F)c5)CC4)c(F)c3)OC2)CC1. The van der Waals surface area contributed by atoms with Crippen LogP contribution < -0.4 is 4.74 Å². The summed E-state index contributed by atoms with van der Waals surface area (Å²) in [5.74, 6) is -3.32. The summed E-state index contributed by atoms with van der Waals surface area (Å²) in [5, 5.41) is 8.75. The summed E-state index contributed by atoms with van der Waals surface area (Å²) in [6, 6.07) is 7.38. The van der Waals surface area contributed by atoms with Gasteiger partial charge in [0.25, 0.3) is 0 Å². The van der Waals surface area contributed by atoms with E-state index in [1.54, 1.807) is 12.1 Å². The molecule has 0 radical (unpaired) electrons. The Labute approximate surface area is 231 Å². The van der Waals surface area contributed by atoms with E-state index in [0.717, 1.165) is 5.92 Å². The number of nitrogens with zero attached hydrogens (tertiary/aromatic N) is 1. The van der Waals surface area contributed by atoms with Crippen LogP contribution in [0.4, 0.5) is 22.0 Å². The van der Waals surface area contributed by atoms with Crippen LogP contribution in [0.3, 0.4) is 0 Å². The molecule has 216 valence electrons. The summed E-state index contributed by atoms with van der Waals surface area (Å²) in [4.78, 5) is 0. The quantitative estimate of drug-likeness (QED) is 0.331. The van der Waals surface area contributed by atoms with Crippen molar-refractivity contribution in [3.63, 3.8) is 0 Å². The second kappa shape index (κ2) is 12.0. The third-order valence-electron chi connectivity index (χ3n) is 8.97. The lowest BCUT2D eigenvalue weighted by atomic mass is 9.76. The van der Waals surface area contributed by atoms with E-state index >= 15 is 4.39 Å². The Morgan fingerprint density at radius 1 is 0.825 bits per heavy atom. The molecule has 2 aromatic carbocycles. The van der Waals surface area contributed by atoms with Gasteiger partial charge in [-0.05, 0) is 67.9 Å². The fourth-order valence-corrected chi connectivity index (χ4v) is 6.46. The van der Waals surface area contributed by atoms with E-state index in [2.05, 4.69) is 11.7 Å². The van der Waals surface area contributed by atoms with Gasteiger partial charge in [0.05, 0.1) is 19.1 Å². The number of nitriles is 1. The van der Waals surface area contributed by atoms with E-state index in [4.69, 9.17) is 14.7 Å². The predicted molar refractivity (Wildman–Crippen MR) is 137 cm³/mol. The number of halogens is 5. The van der Waals surface area contributed by atoms with E-state index in [1.165, 1.54) is 37.8 Å². The zero-order chi connectivity index (χ0) is 28.4. The summed E-state index contributed by atoms with van der Waals surface area (Å²) < 4.78 is 89.1. The van der Waals surface area contributed by atoms with Crippen LogP contribution in [-0.2, 0) is 9.47 Å². The van der Waals surface area contributed by atoms with Crippen molar-refractivity contribution in [2.75, 3.05) is 13.2 Å². The Morgan fingerprint density at radius 3 is 2.02 bits per heavy atom. The molecule has 9 heteroatoms. The average Bonchev–Trinajstić information content (AvgIpc) is 2.93. The smallest absolute Gasteiger partial charge is 0.400 e. The Bertz CT molecular complexity index is 1200. The average molecular weight is 564 g/mol. The van der Waals surface area contributed by atoms with Crippen LogP contribution >= 0.6 is 0 Å². The number of rotatable bonds is 6. The van der Waals surface area contributed by atoms with Crippen LogP contribution in [-0.4, -0.2) is 19.3 Å². The molecule has 2 saturated carbocycles. The van der Waals surface area contributed by atoms with Crippen molar-refractivity contribution in [2.45, 2.75) is 76.6 Å². The van der Waals surface area contributed by atoms with Crippen molar-refractivity contribution in [3.05, 3.63) is 64.5 Å². The van der Waals surface area contributed by atoms with Gasteiger partial charge in [-0.15, -0.1) is 0 Å². The summed E-state index contributed by atoms with van der Waals surface area (Å²) in [6.07, 6.45) is 1.30. The van der Waals surface area contributed by atoms with E-state index in [0.29, 0.717) is 61.2 Å². The maximum absolute atomic E-state index is 15.2. The number of hydrogen-bond acceptors (Lipinski definition) is 4. The molecule has 0 aromatic heterocycles. The lowest BCUT2D eigenvalue weighted by Crippen LogP contribution is -2.37. The molecule has 4 nitrogen and oxygen atoms in total. The molecule has 2 aromatic rings. The molecule has 0 amide bonds. The highest BCUT2D eigenvalue weighted by Gasteiger charge is 2.44. The summed E-state index contributed by atoms with van der Waals surface area (Å²) >= 11 is 0. The second-order valence-electron chi connectivity index (χ2n) is 11.6. The van der Waals surface area contributed by atoms with E-state index in [-0.39, 0.29) is 18.8 Å². The third kappa shape index (κ3) is 6.28. The number of ether oxygens (including phenoxy) is 3. The molecule has 1 heterocycles. The predicted octanol–water partition coefficient (Wildman–Crippen LogP) is 8.41. The lowest BCUT2D eigenvalue weighted by molar-refractivity contribution is -0.222. The largest absolute Gasteiger partial charge is 0.432 e. The van der Waals surface area contributed by atoms with Gasteiger partial charge in [-0.2, -0.15) is 14.0 Å². The zero-order valence-electron chi connectivity index (χ0n) is 22.5. The van der Waals surface area contributed by atoms with E-state index < -0.39 is 47.1 Å². The molecule has 1 saturated heterocycles. The first-order valence-electron chi connectivity index (χ1n) is 14.1. The minimum atomic E-state index is -3.68. The Kier molecular flexibility index (Phi) is 8.67. The van der Waals surface area contributed by atoms with Gasteiger partial charge in [0.2, 0.25) is 0 Å². The zero-order valence-corrected chi connectivity index (χ0v) is 22.5. The summed E-state index contributed by atoms with van der Waals surface area (Å²) in [5.41, 5.74) is 0.212. The molecule has 0 atom stereocenters. The first kappa shape index (κ1) is 28.8. The van der Waals surface area contributed by atoms with Gasteiger partial charge in [-0.1, -0.05) is 31.9 Å². The highest BCUT2D eigenvalue weighted by Crippen LogP contribution is 2.44. The van der Waals surface area contributed by atoms with Crippen molar-refractivity contribution < 1.29 is 36.2 Å². The van der Waals surface area contributed by atoms with Gasteiger partial charge in [-0.25, -0.2) is 13.2 Å². The Hall–Kier alpha value is -2.70. The first-order chi connectivity index (χ1) is 19.1. The van der Waals surface area contributed by atoms with Crippen LogP contribution in [0.25, 0.3) is 0 Å². The second-order valence-corrected chi connectivity index (χ2v) is 11.6. The van der Waals surface area contributed by atoms with Crippen molar-refractivity contribution in [1.29, 1.82) is 5.26 Å². The van der Waals surface area contributed by atoms with Crippen LogP contribution in [0, 0.1) is 52.5 Å². The Balaban J connectivity index is 1.15. The van der Waals surface area contributed by atoms with Crippen LogP contribution in [0.1, 0.15) is 87.2 Å². The molecular formula is C31H34F5NO3. The fraction of sp³-hybridized carbons (Fsp3) is 0.581. The van der Waals surface area contributed by atoms with Gasteiger partial charge in [0.15, 0.2) is 6.29 Å².